The molecular formula is C16H11FN2O4S. The van der Waals surface area contributed by atoms with Crippen LogP contribution in [0.5, 0.6) is 0 Å². The van der Waals surface area contributed by atoms with Gasteiger partial charge in [-0.1, -0.05) is 12.1 Å². The lowest BCUT2D eigenvalue weighted by Crippen LogP contribution is -2.36. The summed E-state index contributed by atoms with van der Waals surface area (Å²) in [7, 11) is 0. The van der Waals surface area contributed by atoms with Gasteiger partial charge in [0.05, 0.1) is 16.9 Å². The molecule has 1 aromatic heterocycles. The van der Waals surface area contributed by atoms with E-state index in [1.54, 1.807) is 18.2 Å². The van der Waals surface area contributed by atoms with Crippen molar-refractivity contribution in [2.45, 2.75) is 0 Å². The van der Waals surface area contributed by atoms with Crippen LogP contribution in [0.25, 0.3) is 6.08 Å². The highest BCUT2D eigenvalue weighted by Gasteiger charge is 2.36. The van der Waals surface area contributed by atoms with Crippen molar-refractivity contribution < 1.29 is 23.2 Å². The molecule has 1 aromatic carbocycles. The van der Waals surface area contributed by atoms with Gasteiger partial charge in [0.15, 0.2) is 0 Å². The molecule has 0 radical (unpaired) electrons. The number of imide groups is 1. The van der Waals surface area contributed by atoms with E-state index in [1.807, 2.05) is 0 Å². The van der Waals surface area contributed by atoms with Crippen LogP contribution >= 0.6 is 11.8 Å². The molecule has 24 heavy (non-hydrogen) atoms. The van der Waals surface area contributed by atoms with Gasteiger partial charge in [-0.25, -0.2) is 4.39 Å². The van der Waals surface area contributed by atoms with Gasteiger partial charge in [-0.05, 0) is 36.0 Å². The second-order valence-electron chi connectivity index (χ2n) is 4.81. The van der Waals surface area contributed by atoms with Crippen LogP contribution in [0.1, 0.15) is 5.76 Å². The normalized spacial score (nSPS) is 16.0. The quantitative estimate of drug-likeness (QED) is 0.861. The van der Waals surface area contributed by atoms with Crippen LogP contribution in [-0.2, 0) is 9.59 Å². The Hall–Kier alpha value is -2.87. The molecule has 1 aliphatic heterocycles. The van der Waals surface area contributed by atoms with Crippen molar-refractivity contribution in [2.24, 2.45) is 0 Å². The minimum atomic E-state index is -0.665. The Kier molecular flexibility index (Phi) is 4.48. The summed E-state index contributed by atoms with van der Waals surface area (Å²) in [5, 5.41) is 1.76. The summed E-state index contributed by atoms with van der Waals surface area (Å²) in [6, 6.07) is 8.92. The molecule has 8 heteroatoms. The Morgan fingerprint density at radius 2 is 2.04 bits per heavy atom. The summed E-state index contributed by atoms with van der Waals surface area (Å²) >= 11 is 0.716. The largest absolute Gasteiger partial charge is 0.465 e. The number of furan rings is 1. The lowest BCUT2D eigenvalue weighted by Gasteiger charge is -2.12. The maximum absolute atomic E-state index is 13.5. The fraction of sp³-hybridized carbons (Fsp3) is 0.0625. The topological polar surface area (TPSA) is 79.6 Å². The number of amides is 3. The summed E-state index contributed by atoms with van der Waals surface area (Å²) in [4.78, 5) is 37.1. The summed E-state index contributed by atoms with van der Waals surface area (Å²) in [5.74, 6) is -1.43. The number of hydrogen-bond acceptors (Lipinski definition) is 5. The molecule has 0 spiro atoms. The number of carbonyl (C=O) groups is 3. The lowest BCUT2D eigenvalue weighted by atomic mass is 10.3. The number of halogens is 1. The van der Waals surface area contributed by atoms with Crippen LogP contribution in [0.15, 0.2) is 52.0 Å². The van der Waals surface area contributed by atoms with Crippen LogP contribution in [0.4, 0.5) is 14.9 Å². The van der Waals surface area contributed by atoms with Crippen molar-refractivity contribution in [3.05, 3.63) is 59.1 Å². The summed E-state index contributed by atoms with van der Waals surface area (Å²) < 4.78 is 18.6. The Labute approximate surface area is 140 Å². The molecule has 0 saturated carbocycles. The van der Waals surface area contributed by atoms with Crippen molar-refractivity contribution in [2.75, 3.05) is 11.9 Å². The van der Waals surface area contributed by atoms with Gasteiger partial charge < -0.3 is 9.73 Å². The van der Waals surface area contributed by atoms with E-state index in [2.05, 4.69) is 5.32 Å². The molecule has 122 valence electrons. The van der Waals surface area contributed by atoms with E-state index in [9.17, 15) is 18.8 Å². The minimum absolute atomic E-state index is 0.0133. The van der Waals surface area contributed by atoms with Crippen LogP contribution in [0, 0.1) is 5.82 Å². The lowest BCUT2D eigenvalue weighted by molar-refractivity contribution is -0.127. The van der Waals surface area contributed by atoms with Crippen molar-refractivity contribution in [1.29, 1.82) is 0 Å². The first-order valence-electron chi connectivity index (χ1n) is 6.88. The van der Waals surface area contributed by atoms with E-state index in [0.717, 1.165) is 4.90 Å². The zero-order chi connectivity index (χ0) is 17.1. The van der Waals surface area contributed by atoms with Crippen LogP contribution in [-0.4, -0.2) is 28.5 Å². The first kappa shape index (κ1) is 16.0. The number of para-hydroxylation sites is 1. The van der Waals surface area contributed by atoms with E-state index in [4.69, 9.17) is 4.42 Å². The predicted molar refractivity (Wildman–Crippen MR) is 86.4 cm³/mol. The Morgan fingerprint density at radius 3 is 2.75 bits per heavy atom. The predicted octanol–water partition coefficient (Wildman–Crippen LogP) is 3.09. The monoisotopic (exact) mass is 346 g/mol. The summed E-state index contributed by atoms with van der Waals surface area (Å²) in [6.45, 7) is -0.492. The molecule has 3 rings (SSSR count). The van der Waals surface area contributed by atoms with E-state index >= 15 is 0 Å². The molecule has 1 fully saturated rings. The average molecular weight is 346 g/mol. The molecule has 2 aromatic rings. The number of nitrogens with one attached hydrogen (secondary N) is 1. The highest BCUT2D eigenvalue weighted by atomic mass is 32.2. The SMILES string of the molecule is O=C(CN1C(=O)S/C(=C/c2ccco2)C1=O)Nc1ccccc1F. The first-order chi connectivity index (χ1) is 11.5. The molecule has 0 atom stereocenters. The molecule has 3 amide bonds. The fourth-order valence-electron chi connectivity index (χ4n) is 2.03. The van der Waals surface area contributed by atoms with Gasteiger partial charge in [-0.3, -0.25) is 19.3 Å². The van der Waals surface area contributed by atoms with Gasteiger partial charge in [0.25, 0.3) is 11.1 Å². The third-order valence-electron chi connectivity index (χ3n) is 3.14. The van der Waals surface area contributed by atoms with Crippen LogP contribution in [0.2, 0.25) is 0 Å². The number of nitrogens with zero attached hydrogens (tertiary/aromatic N) is 1. The van der Waals surface area contributed by atoms with Gasteiger partial charge in [0.1, 0.15) is 18.1 Å². The molecule has 0 unspecified atom stereocenters. The van der Waals surface area contributed by atoms with Gasteiger partial charge >= 0.3 is 0 Å². The second-order valence-corrected chi connectivity index (χ2v) is 5.80. The highest BCUT2D eigenvalue weighted by molar-refractivity contribution is 8.18. The smallest absolute Gasteiger partial charge is 0.294 e. The first-order valence-corrected chi connectivity index (χ1v) is 7.69. The van der Waals surface area contributed by atoms with E-state index < -0.39 is 29.4 Å². The Morgan fingerprint density at radius 1 is 1.25 bits per heavy atom. The number of carbonyl (C=O) groups excluding carboxylic acids is 3. The van der Waals surface area contributed by atoms with E-state index in [0.29, 0.717) is 17.5 Å². The fourth-order valence-corrected chi connectivity index (χ4v) is 2.85. The molecule has 0 aliphatic carbocycles. The zero-order valence-electron chi connectivity index (χ0n) is 12.2. The van der Waals surface area contributed by atoms with E-state index in [1.165, 1.54) is 30.5 Å². The molecule has 6 nitrogen and oxygen atoms in total. The molecular weight excluding hydrogens is 335 g/mol. The van der Waals surface area contributed by atoms with Crippen molar-refractivity contribution in [1.82, 2.24) is 4.90 Å². The molecule has 1 N–H and O–H groups in total. The second kappa shape index (κ2) is 6.71. The standard InChI is InChI=1S/C16H11FN2O4S/c17-11-5-1-2-6-12(11)18-14(20)9-19-15(21)13(24-16(19)22)8-10-4-3-7-23-10/h1-8H,9H2,(H,18,20)/b13-8+. The van der Waals surface area contributed by atoms with Gasteiger partial charge in [-0.2, -0.15) is 0 Å². The zero-order valence-corrected chi connectivity index (χ0v) is 13.0. The highest BCUT2D eigenvalue weighted by Crippen LogP contribution is 2.32. The third kappa shape index (κ3) is 3.38. The Balaban J connectivity index is 1.69. The average Bonchev–Trinajstić information content (AvgIpc) is 3.14. The number of rotatable bonds is 4. The summed E-state index contributed by atoms with van der Waals surface area (Å²) in [5.41, 5.74) is -0.0133. The number of anilines is 1. The molecule has 0 bridgehead atoms. The van der Waals surface area contributed by atoms with Gasteiger partial charge in [0, 0.05) is 6.08 Å². The number of hydrogen-bond donors (Lipinski definition) is 1. The number of benzene rings is 1. The Bertz CT molecular complexity index is 832. The third-order valence-corrected chi connectivity index (χ3v) is 4.05. The molecule has 2 heterocycles. The number of thioether (sulfide) groups is 1. The molecule has 1 aliphatic rings. The maximum atomic E-state index is 13.5. The minimum Gasteiger partial charge on any atom is -0.465 e. The van der Waals surface area contributed by atoms with Crippen molar-refractivity contribution >= 4 is 40.6 Å². The van der Waals surface area contributed by atoms with Crippen LogP contribution < -0.4 is 5.32 Å². The maximum Gasteiger partial charge on any atom is 0.294 e. The van der Waals surface area contributed by atoms with Crippen molar-refractivity contribution in [3.8, 4) is 0 Å². The van der Waals surface area contributed by atoms with Crippen LogP contribution in [0.3, 0.4) is 0 Å². The van der Waals surface area contributed by atoms with E-state index in [-0.39, 0.29) is 10.6 Å². The van der Waals surface area contributed by atoms with Gasteiger partial charge in [0.2, 0.25) is 5.91 Å². The van der Waals surface area contributed by atoms with Gasteiger partial charge in [-0.15, -0.1) is 0 Å². The molecule has 1 saturated heterocycles. The summed E-state index contributed by atoms with van der Waals surface area (Å²) in [6.07, 6.45) is 2.87. The van der Waals surface area contributed by atoms with Crippen molar-refractivity contribution in [3.63, 3.8) is 0 Å².